The zero-order valence-electron chi connectivity index (χ0n) is 17.0. The van der Waals surface area contributed by atoms with E-state index >= 15 is 0 Å². The van der Waals surface area contributed by atoms with Gasteiger partial charge in [0.25, 0.3) is 0 Å². The lowest BCUT2D eigenvalue weighted by Crippen LogP contribution is -2.43. The van der Waals surface area contributed by atoms with Gasteiger partial charge < -0.3 is 15.2 Å². The largest absolute Gasteiger partial charge is 0.493 e. The van der Waals surface area contributed by atoms with Crippen molar-refractivity contribution in [2.75, 3.05) is 13.7 Å². The van der Waals surface area contributed by atoms with Crippen molar-refractivity contribution in [2.45, 2.75) is 70.1 Å². The van der Waals surface area contributed by atoms with Crippen molar-refractivity contribution >= 4 is 11.5 Å². The standard InChI is InChI=1S/C23H31N3O2/c1-15-21(24)26-23(25-15)20-12-19(28-14-16-4-3-5-16)7-6-17(20)13-22(23)10-8-18(27-2)9-11-22/h6-7,12,16,18H,3-5,8-11,13-14H2,1-2H3,(H2,24,26)/t18?,22?,23-/m1/s1. The van der Waals surface area contributed by atoms with Crippen LogP contribution in [-0.4, -0.2) is 31.4 Å². The van der Waals surface area contributed by atoms with Gasteiger partial charge in [0.15, 0.2) is 5.66 Å². The summed E-state index contributed by atoms with van der Waals surface area (Å²) in [6.45, 7) is 2.80. The average molecular weight is 382 g/mol. The highest BCUT2D eigenvalue weighted by Crippen LogP contribution is 2.62. The van der Waals surface area contributed by atoms with Gasteiger partial charge in [-0.25, -0.2) is 4.99 Å². The number of aliphatic imine (C=N–C) groups is 2. The molecule has 28 heavy (non-hydrogen) atoms. The van der Waals surface area contributed by atoms with E-state index in [1.54, 1.807) is 0 Å². The van der Waals surface area contributed by atoms with Crippen molar-refractivity contribution in [2.24, 2.45) is 27.1 Å². The molecule has 5 nitrogen and oxygen atoms in total. The number of methoxy groups -OCH3 is 1. The molecule has 5 heteroatoms. The van der Waals surface area contributed by atoms with Gasteiger partial charge in [-0.05, 0) is 75.5 Å². The number of benzene rings is 1. The summed E-state index contributed by atoms with van der Waals surface area (Å²) in [5.41, 5.74) is 9.09. The summed E-state index contributed by atoms with van der Waals surface area (Å²) < 4.78 is 11.8. The van der Waals surface area contributed by atoms with E-state index in [2.05, 4.69) is 18.2 Å². The third-order valence-corrected chi connectivity index (χ3v) is 7.64. The maximum Gasteiger partial charge on any atom is 0.184 e. The lowest BCUT2D eigenvalue weighted by molar-refractivity contribution is -0.000406. The van der Waals surface area contributed by atoms with Crippen LogP contribution in [-0.2, 0) is 16.8 Å². The Morgan fingerprint density at radius 1 is 1.14 bits per heavy atom. The van der Waals surface area contributed by atoms with Crippen LogP contribution < -0.4 is 10.5 Å². The molecule has 1 heterocycles. The maximum atomic E-state index is 6.26. The fourth-order valence-electron chi connectivity index (χ4n) is 5.61. The van der Waals surface area contributed by atoms with Gasteiger partial charge in [-0.2, -0.15) is 0 Å². The van der Waals surface area contributed by atoms with E-state index in [9.17, 15) is 0 Å². The first-order valence-electron chi connectivity index (χ1n) is 10.8. The minimum absolute atomic E-state index is 0.000656. The first kappa shape index (κ1) is 18.2. The molecule has 4 aliphatic rings. The van der Waals surface area contributed by atoms with E-state index in [4.69, 9.17) is 25.2 Å². The molecule has 0 aromatic heterocycles. The highest BCUT2D eigenvalue weighted by molar-refractivity contribution is 6.41. The first-order chi connectivity index (χ1) is 13.6. The molecule has 0 amide bonds. The van der Waals surface area contributed by atoms with Gasteiger partial charge in [-0.1, -0.05) is 12.5 Å². The van der Waals surface area contributed by atoms with Crippen LogP contribution in [0.3, 0.4) is 0 Å². The van der Waals surface area contributed by atoms with E-state index in [0.29, 0.717) is 11.9 Å². The Morgan fingerprint density at radius 3 is 2.54 bits per heavy atom. The molecular formula is C23H31N3O2. The lowest BCUT2D eigenvalue weighted by Gasteiger charge is -2.44. The van der Waals surface area contributed by atoms with Gasteiger partial charge in [0, 0.05) is 18.1 Å². The van der Waals surface area contributed by atoms with Crippen LogP contribution in [0.1, 0.15) is 63.0 Å². The van der Waals surface area contributed by atoms with Crippen LogP contribution in [0.5, 0.6) is 5.75 Å². The molecule has 150 valence electrons. The Labute approximate surface area is 167 Å². The van der Waals surface area contributed by atoms with Gasteiger partial charge in [-0.3, -0.25) is 4.99 Å². The molecule has 1 aromatic carbocycles. The van der Waals surface area contributed by atoms with Crippen LogP contribution in [0.4, 0.5) is 0 Å². The zero-order valence-corrected chi connectivity index (χ0v) is 17.0. The zero-order chi connectivity index (χ0) is 19.4. The first-order valence-corrected chi connectivity index (χ1v) is 10.8. The fourth-order valence-corrected chi connectivity index (χ4v) is 5.61. The normalized spacial score (nSPS) is 34.3. The van der Waals surface area contributed by atoms with E-state index in [0.717, 1.165) is 56.1 Å². The fraction of sp³-hybridized carbons (Fsp3) is 0.652. The highest BCUT2D eigenvalue weighted by Gasteiger charge is 2.60. The quantitative estimate of drug-likeness (QED) is 0.858. The van der Waals surface area contributed by atoms with Crippen molar-refractivity contribution in [3.8, 4) is 5.75 Å². The monoisotopic (exact) mass is 381 g/mol. The molecule has 0 radical (unpaired) electrons. The summed E-state index contributed by atoms with van der Waals surface area (Å²) in [4.78, 5) is 10.2. The third-order valence-electron chi connectivity index (χ3n) is 7.64. The number of nitrogens with zero attached hydrogens (tertiary/aromatic N) is 2. The summed E-state index contributed by atoms with van der Waals surface area (Å²) in [6, 6.07) is 6.56. The van der Waals surface area contributed by atoms with E-state index in [-0.39, 0.29) is 5.41 Å². The third kappa shape index (κ3) is 2.62. The van der Waals surface area contributed by atoms with Gasteiger partial charge in [0.05, 0.1) is 18.4 Å². The molecule has 5 rings (SSSR count). The minimum atomic E-state index is -0.578. The summed E-state index contributed by atoms with van der Waals surface area (Å²) in [5, 5.41) is 0. The number of hydrogen-bond acceptors (Lipinski definition) is 5. The van der Waals surface area contributed by atoms with Gasteiger partial charge >= 0.3 is 0 Å². The van der Waals surface area contributed by atoms with E-state index in [1.807, 2.05) is 14.0 Å². The number of fused-ring (bicyclic) bond motifs is 3. The Hall–Kier alpha value is -1.88. The number of ether oxygens (including phenoxy) is 2. The van der Waals surface area contributed by atoms with Crippen LogP contribution in [0, 0.1) is 11.3 Å². The number of nitrogens with two attached hydrogens (primary N) is 1. The Balaban J connectivity index is 1.51. The van der Waals surface area contributed by atoms with Crippen molar-refractivity contribution in [3.63, 3.8) is 0 Å². The van der Waals surface area contributed by atoms with Crippen molar-refractivity contribution in [3.05, 3.63) is 29.3 Å². The van der Waals surface area contributed by atoms with E-state index in [1.165, 1.54) is 30.4 Å². The lowest BCUT2D eigenvalue weighted by atomic mass is 9.65. The summed E-state index contributed by atoms with van der Waals surface area (Å²) >= 11 is 0. The second-order valence-corrected chi connectivity index (χ2v) is 9.19. The maximum absolute atomic E-state index is 6.26. The van der Waals surface area contributed by atoms with Gasteiger partial charge in [0.1, 0.15) is 11.6 Å². The molecule has 2 N–H and O–H groups in total. The Bertz CT molecular complexity index is 814. The second-order valence-electron chi connectivity index (χ2n) is 9.19. The Morgan fingerprint density at radius 2 is 1.93 bits per heavy atom. The molecule has 1 atom stereocenters. The predicted molar refractivity (Wildman–Crippen MR) is 111 cm³/mol. The SMILES string of the molecule is COC1CCC2(CC1)Cc1ccc(OCC3CCC3)cc1[C@]21N=C(C)C(N)=N1. The van der Waals surface area contributed by atoms with Gasteiger partial charge in [0.2, 0.25) is 0 Å². The summed E-state index contributed by atoms with van der Waals surface area (Å²) in [7, 11) is 1.82. The molecule has 2 spiro atoms. The topological polar surface area (TPSA) is 69.2 Å². The smallest absolute Gasteiger partial charge is 0.184 e. The van der Waals surface area contributed by atoms with Gasteiger partial charge in [-0.15, -0.1) is 0 Å². The molecule has 0 bridgehead atoms. The molecule has 1 aromatic rings. The van der Waals surface area contributed by atoms with Crippen LogP contribution >= 0.6 is 0 Å². The molecule has 2 saturated carbocycles. The molecule has 0 saturated heterocycles. The number of hydrogen-bond donors (Lipinski definition) is 1. The molecule has 2 fully saturated rings. The summed E-state index contributed by atoms with van der Waals surface area (Å²) in [5.74, 6) is 2.25. The Kier molecular flexibility index (Phi) is 4.27. The van der Waals surface area contributed by atoms with E-state index < -0.39 is 5.66 Å². The number of amidine groups is 1. The molecule has 0 unspecified atom stereocenters. The van der Waals surface area contributed by atoms with Crippen molar-refractivity contribution in [1.82, 2.24) is 0 Å². The van der Waals surface area contributed by atoms with Crippen LogP contribution in [0.25, 0.3) is 0 Å². The van der Waals surface area contributed by atoms with Crippen molar-refractivity contribution in [1.29, 1.82) is 0 Å². The van der Waals surface area contributed by atoms with Crippen LogP contribution in [0.2, 0.25) is 0 Å². The summed E-state index contributed by atoms with van der Waals surface area (Å²) in [6.07, 6.45) is 9.52. The molecular weight excluding hydrogens is 350 g/mol. The predicted octanol–water partition coefficient (Wildman–Crippen LogP) is 3.98. The van der Waals surface area contributed by atoms with Crippen LogP contribution in [0.15, 0.2) is 28.2 Å². The second kappa shape index (κ2) is 6.58. The minimum Gasteiger partial charge on any atom is -0.493 e. The average Bonchev–Trinajstić information content (AvgIpc) is 3.10. The number of rotatable bonds is 4. The molecule has 3 aliphatic carbocycles. The van der Waals surface area contributed by atoms with Crippen molar-refractivity contribution < 1.29 is 9.47 Å². The highest BCUT2D eigenvalue weighted by atomic mass is 16.5. The molecule has 1 aliphatic heterocycles.